The first-order valence-electron chi connectivity index (χ1n) is 3.29. The fraction of sp³-hybridized carbons (Fsp3) is 0.375. The summed E-state index contributed by atoms with van der Waals surface area (Å²) in [7, 11) is 0. The fourth-order valence-electron chi connectivity index (χ4n) is 1.29. The molecule has 0 radical (unpaired) electrons. The third-order valence-corrected chi connectivity index (χ3v) is 1.96. The maximum atomic E-state index is 10.7. The Bertz CT molecular complexity index is 221. The van der Waals surface area contributed by atoms with Gasteiger partial charge in [-0.05, 0) is 30.1 Å². The van der Waals surface area contributed by atoms with Gasteiger partial charge in [0.25, 0.3) is 0 Å². The standard InChI is InChI=1S/C8H8O/c9-8-4-3-6-1-2-7(6)5-8/h3,5H,1-2,4H2. The second kappa shape index (κ2) is 1.56. The van der Waals surface area contributed by atoms with Crippen LogP contribution in [0.3, 0.4) is 0 Å². The van der Waals surface area contributed by atoms with Gasteiger partial charge in [-0.1, -0.05) is 6.08 Å². The molecule has 0 aromatic heterocycles. The maximum absolute atomic E-state index is 10.7. The molecule has 1 fully saturated rings. The van der Waals surface area contributed by atoms with Crippen LogP contribution in [0.5, 0.6) is 0 Å². The van der Waals surface area contributed by atoms with Crippen molar-refractivity contribution in [2.45, 2.75) is 19.3 Å². The average Bonchev–Trinajstić information content (AvgIpc) is 1.78. The molecular formula is C8H8O. The van der Waals surface area contributed by atoms with E-state index >= 15 is 0 Å². The number of allylic oxidation sites excluding steroid dienone is 4. The van der Waals surface area contributed by atoms with Crippen molar-refractivity contribution in [3.8, 4) is 0 Å². The summed E-state index contributed by atoms with van der Waals surface area (Å²) >= 11 is 0. The van der Waals surface area contributed by atoms with E-state index in [4.69, 9.17) is 0 Å². The van der Waals surface area contributed by atoms with Gasteiger partial charge >= 0.3 is 0 Å². The normalized spacial score (nSPS) is 23.8. The van der Waals surface area contributed by atoms with E-state index in [1.807, 2.05) is 0 Å². The monoisotopic (exact) mass is 120 g/mol. The van der Waals surface area contributed by atoms with E-state index in [1.54, 1.807) is 6.08 Å². The minimum absolute atomic E-state index is 0.272. The van der Waals surface area contributed by atoms with Gasteiger partial charge in [-0.3, -0.25) is 4.79 Å². The summed E-state index contributed by atoms with van der Waals surface area (Å²) in [6.45, 7) is 0. The highest BCUT2D eigenvalue weighted by molar-refractivity contribution is 5.94. The Balaban J connectivity index is 2.34. The first-order valence-corrected chi connectivity index (χ1v) is 3.29. The summed E-state index contributed by atoms with van der Waals surface area (Å²) in [6, 6.07) is 0. The van der Waals surface area contributed by atoms with Crippen LogP contribution in [0, 0.1) is 0 Å². The molecule has 0 aromatic carbocycles. The van der Waals surface area contributed by atoms with Crippen LogP contribution >= 0.6 is 0 Å². The van der Waals surface area contributed by atoms with Gasteiger partial charge in [-0.15, -0.1) is 0 Å². The Labute approximate surface area is 54.1 Å². The van der Waals surface area contributed by atoms with Gasteiger partial charge in [0.15, 0.2) is 5.78 Å². The zero-order chi connectivity index (χ0) is 6.27. The van der Waals surface area contributed by atoms with Crippen LogP contribution < -0.4 is 0 Å². The molecule has 46 valence electrons. The zero-order valence-corrected chi connectivity index (χ0v) is 5.18. The second-order valence-electron chi connectivity index (χ2n) is 2.57. The van der Waals surface area contributed by atoms with E-state index in [2.05, 4.69) is 6.08 Å². The van der Waals surface area contributed by atoms with Gasteiger partial charge < -0.3 is 0 Å². The number of rotatable bonds is 0. The molecule has 0 unspecified atom stereocenters. The number of hydrogen-bond donors (Lipinski definition) is 0. The van der Waals surface area contributed by atoms with Crippen molar-refractivity contribution in [3.63, 3.8) is 0 Å². The number of fused-ring (bicyclic) bond motifs is 1. The van der Waals surface area contributed by atoms with Crippen LogP contribution in [-0.4, -0.2) is 5.78 Å². The van der Waals surface area contributed by atoms with Crippen LogP contribution in [0.4, 0.5) is 0 Å². The molecule has 9 heavy (non-hydrogen) atoms. The third kappa shape index (κ3) is 0.645. The number of ketones is 1. The van der Waals surface area contributed by atoms with Crippen molar-refractivity contribution in [1.82, 2.24) is 0 Å². The molecule has 0 aliphatic heterocycles. The Kier molecular flexibility index (Phi) is 0.865. The molecule has 0 saturated heterocycles. The first-order chi connectivity index (χ1) is 4.36. The first kappa shape index (κ1) is 4.98. The van der Waals surface area contributed by atoms with Crippen LogP contribution in [0.1, 0.15) is 19.3 Å². The highest BCUT2D eigenvalue weighted by Gasteiger charge is 2.19. The summed E-state index contributed by atoms with van der Waals surface area (Å²) < 4.78 is 0. The van der Waals surface area contributed by atoms with E-state index in [0.29, 0.717) is 6.42 Å². The molecule has 0 N–H and O–H groups in total. The lowest BCUT2D eigenvalue weighted by Gasteiger charge is -2.24. The molecular weight excluding hydrogens is 112 g/mol. The van der Waals surface area contributed by atoms with Crippen LogP contribution in [0.15, 0.2) is 23.3 Å². The Morgan fingerprint density at radius 2 is 2.00 bits per heavy atom. The van der Waals surface area contributed by atoms with Gasteiger partial charge in [0, 0.05) is 6.42 Å². The van der Waals surface area contributed by atoms with Crippen molar-refractivity contribution in [3.05, 3.63) is 23.3 Å². The van der Waals surface area contributed by atoms with Crippen LogP contribution in [-0.2, 0) is 4.79 Å². The van der Waals surface area contributed by atoms with Gasteiger partial charge in [0.05, 0.1) is 0 Å². The number of carbonyl (C=O) groups is 1. The highest BCUT2D eigenvalue weighted by Crippen LogP contribution is 2.35. The Morgan fingerprint density at radius 3 is 2.44 bits per heavy atom. The lowest BCUT2D eigenvalue weighted by atomic mass is 9.81. The third-order valence-electron chi connectivity index (χ3n) is 1.96. The molecule has 2 aliphatic rings. The summed E-state index contributed by atoms with van der Waals surface area (Å²) in [4.78, 5) is 10.7. The van der Waals surface area contributed by atoms with Crippen molar-refractivity contribution in [2.75, 3.05) is 0 Å². The summed E-state index contributed by atoms with van der Waals surface area (Å²) in [5.74, 6) is 0.272. The molecule has 0 heterocycles. The molecule has 0 aromatic rings. The summed E-state index contributed by atoms with van der Waals surface area (Å²) in [6.07, 6.45) is 6.80. The molecule has 1 saturated carbocycles. The average molecular weight is 120 g/mol. The molecule has 0 spiro atoms. The summed E-state index contributed by atoms with van der Waals surface area (Å²) in [5, 5.41) is 0. The predicted molar refractivity (Wildman–Crippen MR) is 35.0 cm³/mol. The summed E-state index contributed by atoms with van der Waals surface area (Å²) in [5.41, 5.74) is 2.70. The largest absolute Gasteiger partial charge is 0.295 e. The van der Waals surface area contributed by atoms with Gasteiger partial charge in [-0.25, -0.2) is 0 Å². The smallest absolute Gasteiger partial charge is 0.159 e. The van der Waals surface area contributed by atoms with Crippen LogP contribution in [0.2, 0.25) is 0 Å². The van der Waals surface area contributed by atoms with Gasteiger partial charge in [0.2, 0.25) is 0 Å². The molecule has 2 rings (SSSR count). The quantitative estimate of drug-likeness (QED) is 0.474. The minimum atomic E-state index is 0.272. The Morgan fingerprint density at radius 1 is 1.22 bits per heavy atom. The maximum Gasteiger partial charge on any atom is 0.159 e. The zero-order valence-electron chi connectivity index (χ0n) is 5.18. The van der Waals surface area contributed by atoms with E-state index < -0.39 is 0 Å². The van der Waals surface area contributed by atoms with Gasteiger partial charge in [0.1, 0.15) is 0 Å². The molecule has 1 nitrogen and oxygen atoms in total. The number of hydrogen-bond acceptors (Lipinski definition) is 1. The van der Waals surface area contributed by atoms with Crippen molar-refractivity contribution >= 4 is 5.78 Å². The molecule has 0 bridgehead atoms. The SMILES string of the molecule is O=C1C=C2CCC2=CC1. The lowest BCUT2D eigenvalue weighted by molar-refractivity contribution is -0.114. The molecule has 0 atom stereocenters. The van der Waals surface area contributed by atoms with Crippen molar-refractivity contribution < 1.29 is 4.79 Å². The molecule has 0 amide bonds. The number of carbonyl (C=O) groups excluding carboxylic acids is 1. The van der Waals surface area contributed by atoms with E-state index in [0.717, 1.165) is 6.42 Å². The van der Waals surface area contributed by atoms with Gasteiger partial charge in [-0.2, -0.15) is 0 Å². The van der Waals surface area contributed by atoms with E-state index in [1.165, 1.54) is 17.6 Å². The lowest BCUT2D eigenvalue weighted by Crippen LogP contribution is -2.10. The van der Waals surface area contributed by atoms with E-state index in [9.17, 15) is 4.79 Å². The minimum Gasteiger partial charge on any atom is -0.295 e. The molecule has 2 aliphatic carbocycles. The van der Waals surface area contributed by atoms with E-state index in [-0.39, 0.29) is 5.78 Å². The van der Waals surface area contributed by atoms with Crippen LogP contribution in [0.25, 0.3) is 0 Å². The topological polar surface area (TPSA) is 17.1 Å². The fourth-order valence-corrected chi connectivity index (χ4v) is 1.29. The second-order valence-corrected chi connectivity index (χ2v) is 2.57. The predicted octanol–water partition coefficient (Wildman–Crippen LogP) is 1.61. The van der Waals surface area contributed by atoms with Crippen molar-refractivity contribution in [2.24, 2.45) is 0 Å². The van der Waals surface area contributed by atoms with Crippen molar-refractivity contribution in [1.29, 1.82) is 0 Å². The highest BCUT2D eigenvalue weighted by atomic mass is 16.1. The Hall–Kier alpha value is -0.850. The molecule has 1 heteroatoms.